The predicted molar refractivity (Wildman–Crippen MR) is 47.6 cm³/mol. The minimum absolute atomic E-state index is 0.222. The molecule has 0 aliphatic carbocycles. The summed E-state index contributed by atoms with van der Waals surface area (Å²) in [5, 5.41) is 9.38. The van der Waals surface area contributed by atoms with Crippen molar-refractivity contribution in [3.05, 3.63) is 0 Å². The van der Waals surface area contributed by atoms with Gasteiger partial charge in [-0.1, -0.05) is 20.8 Å². The average Bonchev–Trinajstić information content (AvgIpc) is 2.29. The molecular weight excluding hydrogens is 154 g/mol. The van der Waals surface area contributed by atoms with E-state index in [4.69, 9.17) is 4.74 Å². The third-order valence-corrected chi connectivity index (χ3v) is 2.21. The summed E-state index contributed by atoms with van der Waals surface area (Å²) in [6, 6.07) is 0. The Kier molecular flexibility index (Phi) is 3.50. The number of rotatable bonds is 3. The first kappa shape index (κ1) is 9.96. The van der Waals surface area contributed by atoms with Crippen molar-refractivity contribution in [1.29, 1.82) is 0 Å². The summed E-state index contributed by atoms with van der Waals surface area (Å²) in [7, 11) is 0. The molecule has 72 valence electrons. The number of likely N-dealkylation sites (N-methyl/N-ethyl adjacent to an activating group) is 1. The lowest BCUT2D eigenvalue weighted by molar-refractivity contribution is -0.149. The molecule has 3 heteroatoms. The van der Waals surface area contributed by atoms with Gasteiger partial charge in [0.2, 0.25) is 6.41 Å². The molecule has 1 fully saturated rings. The van der Waals surface area contributed by atoms with E-state index in [1.165, 1.54) is 0 Å². The minimum Gasteiger partial charge on any atom is -0.356 e. The third kappa shape index (κ3) is 2.44. The molecule has 0 amide bonds. The largest absolute Gasteiger partial charge is 0.356 e. The zero-order valence-corrected chi connectivity index (χ0v) is 8.16. The molecule has 0 bridgehead atoms. The van der Waals surface area contributed by atoms with Gasteiger partial charge in [0.25, 0.3) is 0 Å². The summed E-state index contributed by atoms with van der Waals surface area (Å²) in [4.78, 5) is 1.94. The number of aliphatic hydroxyl groups is 1. The van der Waals surface area contributed by atoms with Crippen molar-refractivity contribution in [2.75, 3.05) is 13.1 Å². The van der Waals surface area contributed by atoms with Gasteiger partial charge in [-0.2, -0.15) is 0 Å². The number of hydrogen-bond donors (Lipinski definition) is 1. The second kappa shape index (κ2) is 4.21. The van der Waals surface area contributed by atoms with E-state index < -0.39 is 6.41 Å². The summed E-state index contributed by atoms with van der Waals surface area (Å²) >= 11 is 0. The molecule has 3 nitrogen and oxygen atoms in total. The van der Waals surface area contributed by atoms with Crippen LogP contribution in [-0.2, 0) is 4.74 Å². The molecular formula is C9H19NO2. The normalized spacial score (nSPS) is 31.8. The molecule has 2 atom stereocenters. The van der Waals surface area contributed by atoms with Crippen LogP contribution in [0.4, 0.5) is 0 Å². The van der Waals surface area contributed by atoms with Gasteiger partial charge in [0.1, 0.15) is 0 Å². The molecule has 12 heavy (non-hydrogen) atoms. The highest BCUT2D eigenvalue weighted by Gasteiger charge is 2.30. The van der Waals surface area contributed by atoms with Gasteiger partial charge in [-0.3, -0.25) is 4.90 Å². The SMILES string of the molecule is CCN1CC(CC(C)C)OC1O. The van der Waals surface area contributed by atoms with Crippen LogP contribution in [0.5, 0.6) is 0 Å². The fourth-order valence-corrected chi connectivity index (χ4v) is 1.59. The van der Waals surface area contributed by atoms with Crippen molar-refractivity contribution in [2.24, 2.45) is 5.92 Å². The highest BCUT2D eigenvalue weighted by Crippen LogP contribution is 2.19. The van der Waals surface area contributed by atoms with E-state index in [0.29, 0.717) is 5.92 Å². The molecule has 0 radical (unpaired) electrons. The average molecular weight is 173 g/mol. The smallest absolute Gasteiger partial charge is 0.216 e. The summed E-state index contributed by atoms with van der Waals surface area (Å²) in [6.45, 7) is 8.10. The Morgan fingerprint density at radius 2 is 2.25 bits per heavy atom. The van der Waals surface area contributed by atoms with E-state index in [9.17, 15) is 5.11 Å². The molecule has 0 aromatic carbocycles. The molecule has 2 unspecified atom stereocenters. The fraction of sp³-hybridized carbons (Fsp3) is 1.00. The van der Waals surface area contributed by atoms with Crippen molar-refractivity contribution in [3.8, 4) is 0 Å². The third-order valence-electron chi connectivity index (χ3n) is 2.21. The van der Waals surface area contributed by atoms with Gasteiger partial charge in [-0.05, 0) is 12.3 Å². The topological polar surface area (TPSA) is 32.7 Å². The minimum atomic E-state index is -0.668. The Morgan fingerprint density at radius 1 is 1.58 bits per heavy atom. The van der Waals surface area contributed by atoms with Crippen LogP contribution in [0.1, 0.15) is 27.2 Å². The number of nitrogens with zero attached hydrogens (tertiary/aromatic N) is 1. The maximum absolute atomic E-state index is 9.38. The zero-order valence-electron chi connectivity index (χ0n) is 8.16. The Balaban J connectivity index is 2.33. The second-order valence-electron chi connectivity index (χ2n) is 3.80. The van der Waals surface area contributed by atoms with Crippen LogP contribution in [0.3, 0.4) is 0 Å². The van der Waals surface area contributed by atoms with Crippen molar-refractivity contribution in [1.82, 2.24) is 4.90 Å². The molecule has 0 aromatic heterocycles. The Morgan fingerprint density at radius 3 is 2.67 bits per heavy atom. The van der Waals surface area contributed by atoms with E-state index in [0.717, 1.165) is 19.5 Å². The molecule has 1 aliphatic rings. The van der Waals surface area contributed by atoms with Gasteiger partial charge >= 0.3 is 0 Å². The number of hydrogen-bond acceptors (Lipinski definition) is 3. The molecule has 0 saturated carbocycles. The van der Waals surface area contributed by atoms with Gasteiger partial charge < -0.3 is 9.84 Å². The van der Waals surface area contributed by atoms with Crippen molar-refractivity contribution in [3.63, 3.8) is 0 Å². The predicted octanol–water partition coefficient (Wildman–Crippen LogP) is 1.03. The van der Waals surface area contributed by atoms with E-state index >= 15 is 0 Å². The Hall–Kier alpha value is -0.120. The van der Waals surface area contributed by atoms with E-state index in [2.05, 4.69) is 13.8 Å². The maximum Gasteiger partial charge on any atom is 0.216 e. The summed E-state index contributed by atoms with van der Waals surface area (Å²) < 4.78 is 5.36. The van der Waals surface area contributed by atoms with Gasteiger partial charge in [-0.25, -0.2) is 0 Å². The van der Waals surface area contributed by atoms with Gasteiger partial charge in [-0.15, -0.1) is 0 Å². The monoisotopic (exact) mass is 173 g/mol. The molecule has 0 aromatic rings. The summed E-state index contributed by atoms with van der Waals surface area (Å²) in [6.07, 6.45) is 0.590. The number of aliphatic hydroxyl groups excluding tert-OH is 1. The van der Waals surface area contributed by atoms with Crippen LogP contribution in [0, 0.1) is 5.92 Å². The lowest BCUT2D eigenvalue weighted by atomic mass is 10.1. The lowest BCUT2D eigenvalue weighted by Crippen LogP contribution is -2.29. The summed E-state index contributed by atoms with van der Waals surface area (Å²) in [5.74, 6) is 0.638. The van der Waals surface area contributed by atoms with Gasteiger partial charge in [0.05, 0.1) is 6.10 Å². The fourth-order valence-electron chi connectivity index (χ4n) is 1.59. The highest BCUT2D eigenvalue weighted by molar-refractivity contribution is 4.72. The molecule has 1 saturated heterocycles. The standard InChI is InChI=1S/C9H19NO2/c1-4-10-6-8(5-7(2)3)12-9(10)11/h7-9,11H,4-6H2,1-3H3. The highest BCUT2D eigenvalue weighted by atomic mass is 16.6. The van der Waals surface area contributed by atoms with E-state index in [1.54, 1.807) is 0 Å². The van der Waals surface area contributed by atoms with E-state index in [-0.39, 0.29) is 6.10 Å². The molecule has 0 spiro atoms. The van der Waals surface area contributed by atoms with Crippen molar-refractivity contribution < 1.29 is 9.84 Å². The number of ether oxygens (including phenoxy) is 1. The Bertz CT molecular complexity index is 138. The quantitative estimate of drug-likeness (QED) is 0.692. The lowest BCUT2D eigenvalue weighted by Gasteiger charge is -2.13. The van der Waals surface area contributed by atoms with Gasteiger partial charge in [0, 0.05) is 13.1 Å². The first-order valence-electron chi connectivity index (χ1n) is 4.71. The van der Waals surface area contributed by atoms with Crippen LogP contribution >= 0.6 is 0 Å². The van der Waals surface area contributed by atoms with Crippen LogP contribution in [-0.4, -0.2) is 35.6 Å². The molecule has 1 N–H and O–H groups in total. The molecule has 1 rings (SSSR count). The van der Waals surface area contributed by atoms with Gasteiger partial charge in [0.15, 0.2) is 0 Å². The van der Waals surface area contributed by atoms with Crippen molar-refractivity contribution in [2.45, 2.75) is 39.7 Å². The van der Waals surface area contributed by atoms with Crippen LogP contribution in [0.15, 0.2) is 0 Å². The zero-order chi connectivity index (χ0) is 9.14. The first-order chi connectivity index (χ1) is 5.63. The van der Waals surface area contributed by atoms with Crippen LogP contribution in [0.25, 0.3) is 0 Å². The van der Waals surface area contributed by atoms with Crippen molar-refractivity contribution >= 4 is 0 Å². The Labute approximate surface area is 74.3 Å². The second-order valence-corrected chi connectivity index (χ2v) is 3.80. The maximum atomic E-state index is 9.38. The first-order valence-corrected chi connectivity index (χ1v) is 4.71. The van der Waals surface area contributed by atoms with E-state index in [1.807, 2.05) is 11.8 Å². The molecule has 1 heterocycles. The van der Waals surface area contributed by atoms with Crippen LogP contribution < -0.4 is 0 Å². The summed E-state index contributed by atoms with van der Waals surface area (Å²) in [5.41, 5.74) is 0. The molecule has 1 aliphatic heterocycles. The van der Waals surface area contributed by atoms with Crippen LogP contribution in [0.2, 0.25) is 0 Å².